The molecule has 20 heavy (non-hydrogen) atoms. The van der Waals surface area contributed by atoms with Gasteiger partial charge in [-0.2, -0.15) is 0 Å². The van der Waals surface area contributed by atoms with Crippen molar-refractivity contribution in [2.75, 3.05) is 13.1 Å². The van der Waals surface area contributed by atoms with Gasteiger partial charge in [-0.1, -0.05) is 12.1 Å². The maximum Gasteiger partial charge on any atom is 0.303 e. The zero-order chi connectivity index (χ0) is 14.1. The number of halogens is 1. The molecule has 0 spiro atoms. The zero-order valence-corrected chi connectivity index (χ0v) is 11.5. The molecule has 4 heteroatoms. The molecule has 1 aromatic rings. The number of likely N-dealkylation sites (tertiary alicyclic amines) is 1. The third-order valence-corrected chi connectivity index (χ3v) is 4.71. The summed E-state index contributed by atoms with van der Waals surface area (Å²) in [4.78, 5) is 13.1. The Labute approximate surface area is 118 Å². The lowest BCUT2D eigenvalue weighted by molar-refractivity contribution is -0.137. The van der Waals surface area contributed by atoms with Crippen LogP contribution in [-0.4, -0.2) is 29.1 Å². The van der Waals surface area contributed by atoms with Gasteiger partial charge in [-0.05, 0) is 55.3 Å². The maximum absolute atomic E-state index is 13.8. The van der Waals surface area contributed by atoms with Gasteiger partial charge in [0, 0.05) is 19.0 Å². The Morgan fingerprint density at radius 2 is 2.25 bits per heavy atom. The van der Waals surface area contributed by atoms with E-state index >= 15 is 0 Å². The molecule has 1 heterocycles. The van der Waals surface area contributed by atoms with E-state index in [0.717, 1.165) is 49.9 Å². The molecule has 1 aliphatic heterocycles. The lowest BCUT2D eigenvalue weighted by atomic mass is 10.0. The summed E-state index contributed by atoms with van der Waals surface area (Å²) in [6, 6.07) is 5.71. The molecular formula is C16H20FNO2. The van der Waals surface area contributed by atoms with Crippen molar-refractivity contribution in [3.05, 3.63) is 35.1 Å². The normalized spacial score (nSPS) is 25.9. The van der Waals surface area contributed by atoms with Gasteiger partial charge < -0.3 is 5.11 Å². The van der Waals surface area contributed by atoms with Crippen LogP contribution in [0.4, 0.5) is 4.39 Å². The summed E-state index contributed by atoms with van der Waals surface area (Å²) in [5.41, 5.74) is 2.02. The van der Waals surface area contributed by atoms with E-state index < -0.39 is 5.97 Å². The van der Waals surface area contributed by atoms with Crippen molar-refractivity contribution in [3.8, 4) is 0 Å². The number of aliphatic carboxylic acids is 1. The average molecular weight is 277 g/mol. The first-order valence-electron chi connectivity index (χ1n) is 7.38. The third kappa shape index (κ3) is 2.57. The summed E-state index contributed by atoms with van der Waals surface area (Å²) in [6.45, 7) is 1.96. The second-order valence-corrected chi connectivity index (χ2v) is 5.94. The van der Waals surface area contributed by atoms with Crippen molar-refractivity contribution >= 4 is 5.97 Å². The molecule has 1 aliphatic carbocycles. The van der Waals surface area contributed by atoms with Crippen molar-refractivity contribution < 1.29 is 14.3 Å². The van der Waals surface area contributed by atoms with Crippen LogP contribution in [-0.2, 0) is 11.2 Å². The zero-order valence-electron chi connectivity index (χ0n) is 11.5. The highest BCUT2D eigenvalue weighted by Crippen LogP contribution is 2.39. The van der Waals surface area contributed by atoms with Gasteiger partial charge in [0.25, 0.3) is 0 Å². The molecule has 1 aromatic carbocycles. The van der Waals surface area contributed by atoms with Gasteiger partial charge in [-0.15, -0.1) is 0 Å². The number of carboxylic acids is 1. The van der Waals surface area contributed by atoms with Crippen molar-refractivity contribution in [1.29, 1.82) is 0 Å². The molecule has 108 valence electrons. The molecule has 2 aliphatic rings. The fourth-order valence-corrected chi connectivity index (χ4v) is 3.68. The minimum Gasteiger partial charge on any atom is -0.481 e. The molecular weight excluding hydrogens is 257 g/mol. The highest BCUT2D eigenvalue weighted by Gasteiger charge is 2.33. The van der Waals surface area contributed by atoms with Crippen LogP contribution < -0.4 is 0 Å². The summed E-state index contributed by atoms with van der Waals surface area (Å²) in [5, 5.41) is 8.76. The number of hydrogen-bond donors (Lipinski definition) is 1. The smallest absolute Gasteiger partial charge is 0.303 e. The topological polar surface area (TPSA) is 40.5 Å². The molecule has 0 aromatic heterocycles. The van der Waals surface area contributed by atoms with Crippen LogP contribution in [0, 0.1) is 11.7 Å². The van der Waals surface area contributed by atoms with E-state index in [9.17, 15) is 9.18 Å². The quantitative estimate of drug-likeness (QED) is 0.919. The molecule has 1 saturated heterocycles. The number of nitrogens with zero attached hydrogens (tertiary/aromatic N) is 1. The number of benzene rings is 1. The second kappa shape index (κ2) is 5.52. The molecule has 0 saturated carbocycles. The van der Waals surface area contributed by atoms with E-state index in [2.05, 4.69) is 4.90 Å². The molecule has 0 bridgehead atoms. The van der Waals surface area contributed by atoms with Gasteiger partial charge in [-0.3, -0.25) is 9.69 Å². The number of carbonyl (C=O) groups is 1. The fourth-order valence-electron chi connectivity index (χ4n) is 3.68. The SMILES string of the molecule is O=C(O)CCC1CCN(C2CCc3c(F)cccc32)C1. The molecule has 0 amide bonds. The largest absolute Gasteiger partial charge is 0.481 e. The van der Waals surface area contributed by atoms with E-state index in [1.54, 1.807) is 12.1 Å². The predicted molar refractivity (Wildman–Crippen MR) is 74.0 cm³/mol. The first-order valence-corrected chi connectivity index (χ1v) is 7.38. The van der Waals surface area contributed by atoms with Gasteiger partial charge in [0.05, 0.1) is 0 Å². The molecule has 2 atom stereocenters. The van der Waals surface area contributed by atoms with E-state index in [0.29, 0.717) is 12.0 Å². The summed E-state index contributed by atoms with van der Waals surface area (Å²) >= 11 is 0. The first-order chi connectivity index (χ1) is 9.65. The van der Waals surface area contributed by atoms with Gasteiger partial charge in [0.2, 0.25) is 0 Å². The lowest BCUT2D eigenvalue weighted by Gasteiger charge is -2.25. The Morgan fingerprint density at radius 1 is 1.40 bits per heavy atom. The van der Waals surface area contributed by atoms with E-state index in [-0.39, 0.29) is 12.2 Å². The van der Waals surface area contributed by atoms with Crippen molar-refractivity contribution in [1.82, 2.24) is 4.90 Å². The fraction of sp³-hybridized carbons (Fsp3) is 0.562. The molecule has 3 rings (SSSR count). The average Bonchev–Trinajstić information content (AvgIpc) is 3.02. The Morgan fingerprint density at radius 3 is 3.05 bits per heavy atom. The molecule has 2 unspecified atom stereocenters. The first kappa shape index (κ1) is 13.6. The van der Waals surface area contributed by atoms with E-state index in [4.69, 9.17) is 5.11 Å². The Bertz CT molecular complexity index is 517. The number of fused-ring (bicyclic) bond motifs is 1. The Hall–Kier alpha value is -1.42. The number of hydrogen-bond acceptors (Lipinski definition) is 2. The van der Waals surface area contributed by atoms with Gasteiger partial charge in [-0.25, -0.2) is 4.39 Å². The molecule has 0 radical (unpaired) electrons. The monoisotopic (exact) mass is 277 g/mol. The highest BCUT2D eigenvalue weighted by atomic mass is 19.1. The van der Waals surface area contributed by atoms with Crippen molar-refractivity contribution in [2.24, 2.45) is 5.92 Å². The summed E-state index contributed by atoms with van der Waals surface area (Å²) < 4.78 is 13.8. The van der Waals surface area contributed by atoms with E-state index in [1.807, 2.05) is 6.07 Å². The molecule has 1 N–H and O–H groups in total. The van der Waals surface area contributed by atoms with Crippen LogP contribution in [0.1, 0.15) is 42.9 Å². The van der Waals surface area contributed by atoms with Crippen molar-refractivity contribution in [3.63, 3.8) is 0 Å². The lowest BCUT2D eigenvalue weighted by Crippen LogP contribution is -2.25. The molecule has 1 fully saturated rings. The molecule has 3 nitrogen and oxygen atoms in total. The summed E-state index contributed by atoms with van der Waals surface area (Å²) in [6.07, 6.45) is 3.89. The van der Waals surface area contributed by atoms with Crippen LogP contribution in [0.25, 0.3) is 0 Å². The number of carboxylic acid groups (broad SMARTS) is 1. The standard InChI is InChI=1S/C16H20FNO2/c17-14-3-1-2-13-12(14)5-6-15(13)18-9-8-11(10-18)4-7-16(19)20/h1-3,11,15H,4-10H2,(H,19,20). The Balaban J connectivity index is 1.65. The summed E-state index contributed by atoms with van der Waals surface area (Å²) in [5.74, 6) is -0.313. The number of rotatable bonds is 4. The predicted octanol–water partition coefficient (Wildman–Crippen LogP) is 3.00. The highest BCUT2D eigenvalue weighted by molar-refractivity contribution is 5.66. The van der Waals surface area contributed by atoms with Crippen LogP contribution in [0.3, 0.4) is 0 Å². The third-order valence-electron chi connectivity index (χ3n) is 4.71. The van der Waals surface area contributed by atoms with Crippen LogP contribution in [0.2, 0.25) is 0 Å². The minimum atomic E-state index is -0.711. The van der Waals surface area contributed by atoms with E-state index in [1.165, 1.54) is 0 Å². The van der Waals surface area contributed by atoms with Crippen molar-refractivity contribution in [2.45, 2.75) is 38.1 Å². The summed E-state index contributed by atoms with van der Waals surface area (Å²) in [7, 11) is 0. The van der Waals surface area contributed by atoms with Gasteiger partial charge in [0.1, 0.15) is 5.82 Å². The second-order valence-electron chi connectivity index (χ2n) is 5.94. The van der Waals surface area contributed by atoms with Crippen LogP contribution in [0.5, 0.6) is 0 Å². The van der Waals surface area contributed by atoms with Gasteiger partial charge >= 0.3 is 5.97 Å². The minimum absolute atomic E-state index is 0.0772. The maximum atomic E-state index is 13.8. The van der Waals surface area contributed by atoms with Crippen LogP contribution in [0.15, 0.2) is 18.2 Å². The van der Waals surface area contributed by atoms with Crippen LogP contribution >= 0.6 is 0 Å². The van der Waals surface area contributed by atoms with Gasteiger partial charge in [0.15, 0.2) is 0 Å². The Kier molecular flexibility index (Phi) is 3.74.